The van der Waals surface area contributed by atoms with Gasteiger partial charge in [0.2, 0.25) is 11.8 Å². The van der Waals surface area contributed by atoms with Crippen LogP contribution in [0.1, 0.15) is 54.3 Å². The first-order valence-corrected chi connectivity index (χ1v) is 16.4. The van der Waals surface area contributed by atoms with E-state index in [-0.39, 0.29) is 54.2 Å². The van der Waals surface area contributed by atoms with Crippen LogP contribution in [-0.4, -0.2) is 69.4 Å². The van der Waals surface area contributed by atoms with Gasteiger partial charge in [-0.05, 0) is 84.3 Å². The largest absolute Gasteiger partial charge is 0.463 e. The first kappa shape index (κ1) is 34.2. The zero-order valence-electron chi connectivity index (χ0n) is 27.7. The Balaban J connectivity index is 0.970. The van der Waals surface area contributed by atoms with E-state index < -0.39 is 40.5 Å². The second-order valence-corrected chi connectivity index (χ2v) is 12.2. The first-order chi connectivity index (χ1) is 25.6. The third-order valence-corrected chi connectivity index (χ3v) is 8.85. The predicted octanol–water partition coefficient (Wildman–Crippen LogP) is 4.14. The van der Waals surface area contributed by atoms with Crippen molar-refractivity contribution in [2.75, 3.05) is 13.1 Å². The molecular formula is C38H28N6O9. The number of aromatic nitrogens is 1. The molecule has 1 unspecified atom stereocenters. The molecule has 2 aliphatic heterocycles. The number of furan rings is 1. The number of carbonyl (C=O) groups is 6. The van der Waals surface area contributed by atoms with Crippen molar-refractivity contribution in [2.24, 2.45) is 0 Å². The van der Waals surface area contributed by atoms with E-state index in [1.54, 1.807) is 48.5 Å². The highest BCUT2D eigenvalue weighted by Gasteiger charge is 2.44. The average Bonchev–Trinajstić information content (AvgIpc) is 3.80. The van der Waals surface area contributed by atoms with Gasteiger partial charge in [0.05, 0.1) is 28.0 Å². The van der Waals surface area contributed by atoms with E-state index in [1.165, 1.54) is 36.6 Å². The zero-order chi connectivity index (χ0) is 37.2. The summed E-state index contributed by atoms with van der Waals surface area (Å²) < 4.78 is 5.57. The fourth-order valence-corrected chi connectivity index (χ4v) is 6.13. The van der Waals surface area contributed by atoms with Crippen LogP contribution in [0.4, 0.5) is 5.69 Å². The van der Waals surface area contributed by atoms with Gasteiger partial charge in [0.1, 0.15) is 11.7 Å². The maximum Gasteiger partial charge on any atom is 0.269 e. The Morgan fingerprint density at radius 2 is 1.43 bits per heavy atom. The Labute approximate surface area is 300 Å². The van der Waals surface area contributed by atoms with E-state index in [4.69, 9.17) is 9.40 Å². The molecule has 53 heavy (non-hydrogen) atoms. The second-order valence-electron chi connectivity index (χ2n) is 12.2. The number of hydrogen-bond donors (Lipinski definition) is 3. The summed E-state index contributed by atoms with van der Waals surface area (Å²) in [6, 6.07) is 23.0. The molecule has 264 valence electrons. The Hall–Kier alpha value is -7.29. The Kier molecular flexibility index (Phi) is 9.12. The molecule has 6 amide bonds. The lowest BCUT2D eigenvalue weighted by molar-refractivity contribution is -0.384. The lowest BCUT2D eigenvalue weighted by atomic mass is 10.00. The van der Waals surface area contributed by atoms with E-state index in [0.29, 0.717) is 28.3 Å². The van der Waals surface area contributed by atoms with Crippen LogP contribution >= 0.6 is 0 Å². The number of benzene rings is 3. The molecule has 3 N–H and O–H groups in total. The number of nitrogens with one attached hydrogen (secondary N) is 3. The summed E-state index contributed by atoms with van der Waals surface area (Å²) in [6.45, 7) is 0.153. The number of carbonyl (C=O) groups excluding carboxylic acids is 6. The minimum Gasteiger partial charge on any atom is -0.463 e. The Morgan fingerprint density at radius 3 is 2.09 bits per heavy atom. The second kappa shape index (κ2) is 14.1. The standard InChI is InChI=1S/C38H28N6O9/c45-33-14-13-31(36(48)42-33)43-37(49)27-12-9-24(18-28(27)38(43)50)35(47)40-16-15-39-34(46)23-5-3-21(4-6-23)25-19-29(22-7-10-26(11-8-22)44(51)52)41-30(20-25)32-2-1-17-53-32/h1-12,17-20,31H,13-16H2,(H,39,46)(H,40,47)(H,42,45,48). The zero-order valence-corrected chi connectivity index (χ0v) is 27.7. The van der Waals surface area contributed by atoms with Gasteiger partial charge in [-0.25, -0.2) is 4.98 Å². The minimum absolute atomic E-state index is 0.00659. The number of imide groups is 2. The van der Waals surface area contributed by atoms with E-state index in [0.717, 1.165) is 16.0 Å². The summed E-state index contributed by atoms with van der Waals surface area (Å²) >= 11 is 0. The quantitative estimate of drug-likeness (QED) is 0.0815. The highest BCUT2D eigenvalue weighted by atomic mass is 16.6. The lowest BCUT2D eigenvalue weighted by Gasteiger charge is -2.27. The van der Waals surface area contributed by atoms with Crippen molar-refractivity contribution in [3.8, 4) is 33.8 Å². The highest BCUT2D eigenvalue weighted by Crippen LogP contribution is 2.32. The molecule has 0 saturated carbocycles. The van der Waals surface area contributed by atoms with Gasteiger partial charge in [-0.15, -0.1) is 0 Å². The van der Waals surface area contributed by atoms with E-state index >= 15 is 0 Å². The Morgan fingerprint density at radius 1 is 0.792 bits per heavy atom. The predicted molar refractivity (Wildman–Crippen MR) is 187 cm³/mol. The number of piperidine rings is 1. The molecule has 15 nitrogen and oxygen atoms in total. The maximum absolute atomic E-state index is 13.1. The van der Waals surface area contributed by atoms with E-state index in [1.807, 2.05) is 12.1 Å². The summed E-state index contributed by atoms with van der Waals surface area (Å²) in [5.74, 6) is -2.97. The fraction of sp³-hybridized carbons (Fsp3) is 0.132. The molecule has 1 saturated heterocycles. The Bertz CT molecular complexity index is 2320. The van der Waals surface area contributed by atoms with Gasteiger partial charge < -0.3 is 15.1 Å². The van der Waals surface area contributed by atoms with Gasteiger partial charge in [-0.3, -0.25) is 49.1 Å². The van der Waals surface area contributed by atoms with Crippen LogP contribution in [-0.2, 0) is 9.59 Å². The highest BCUT2D eigenvalue weighted by molar-refractivity contribution is 6.24. The number of nitro benzene ring substituents is 1. The molecule has 0 bridgehead atoms. The SMILES string of the molecule is O=C1CCC(N2C(=O)c3ccc(C(=O)NCCNC(=O)c4ccc(-c5cc(-c6ccc([N+](=O)[O-])cc6)nc(-c6ccco6)c5)cc4)cc3C2=O)C(=O)N1. The molecule has 3 aromatic carbocycles. The van der Waals surface area contributed by atoms with Gasteiger partial charge in [0, 0.05) is 48.3 Å². The molecule has 0 radical (unpaired) electrons. The van der Waals surface area contributed by atoms with Crippen molar-refractivity contribution in [1.29, 1.82) is 0 Å². The van der Waals surface area contributed by atoms with Crippen LogP contribution in [0.15, 0.2) is 102 Å². The van der Waals surface area contributed by atoms with Crippen LogP contribution in [0, 0.1) is 10.1 Å². The van der Waals surface area contributed by atoms with Gasteiger partial charge in [-0.2, -0.15) is 0 Å². The van der Waals surface area contributed by atoms with Gasteiger partial charge in [0.15, 0.2) is 5.76 Å². The average molecular weight is 713 g/mol. The minimum atomic E-state index is -1.12. The van der Waals surface area contributed by atoms with Crippen LogP contribution in [0.3, 0.4) is 0 Å². The van der Waals surface area contributed by atoms with E-state index in [9.17, 15) is 38.9 Å². The number of hydrogen-bond acceptors (Lipinski definition) is 10. The van der Waals surface area contributed by atoms with Crippen molar-refractivity contribution >= 4 is 41.1 Å². The number of rotatable bonds is 10. The number of nitro groups is 1. The fourth-order valence-electron chi connectivity index (χ4n) is 6.13. The van der Waals surface area contributed by atoms with Crippen LogP contribution in [0.2, 0.25) is 0 Å². The van der Waals surface area contributed by atoms with Gasteiger partial charge >= 0.3 is 0 Å². The summed E-state index contributed by atoms with van der Waals surface area (Å²) in [4.78, 5) is 91.8. The topological polar surface area (TPSA) is 211 Å². The monoisotopic (exact) mass is 712 g/mol. The van der Waals surface area contributed by atoms with Crippen LogP contribution in [0.25, 0.3) is 33.8 Å². The molecule has 15 heteroatoms. The number of nitrogens with zero attached hydrogens (tertiary/aromatic N) is 3. The third kappa shape index (κ3) is 6.90. The number of amides is 6. The summed E-state index contributed by atoms with van der Waals surface area (Å²) in [5.41, 5.74) is 3.84. The molecule has 0 spiro atoms. The van der Waals surface area contributed by atoms with Crippen molar-refractivity contribution in [3.63, 3.8) is 0 Å². The normalized spacial score (nSPS) is 15.2. The van der Waals surface area contributed by atoms with Gasteiger partial charge in [0.25, 0.3) is 29.3 Å². The summed E-state index contributed by atoms with van der Waals surface area (Å²) in [5, 5.41) is 18.7. The van der Waals surface area contributed by atoms with Crippen molar-refractivity contribution in [3.05, 3.63) is 130 Å². The molecule has 1 fully saturated rings. The molecule has 2 aliphatic rings. The van der Waals surface area contributed by atoms with Crippen LogP contribution < -0.4 is 16.0 Å². The van der Waals surface area contributed by atoms with Gasteiger partial charge in [-0.1, -0.05) is 12.1 Å². The van der Waals surface area contributed by atoms with Crippen molar-refractivity contribution < 1.29 is 38.1 Å². The molecule has 7 rings (SSSR count). The number of fused-ring (bicyclic) bond motifs is 1. The molecule has 4 heterocycles. The molecular weight excluding hydrogens is 684 g/mol. The molecule has 5 aromatic rings. The van der Waals surface area contributed by atoms with Crippen molar-refractivity contribution in [1.82, 2.24) is 25.8 Å². The summed E-state index contributed by atoms with van der Waals surface area (Å²) in [7, 11) is 0. The maximum atomic E-state index is 13.1. The molecule has 2 aromatic heterocycles. The third-order valence-electron chi connectivity index (χ3n) is 8.85. The lowest BCUT2D eigenvalue weighted by Crippen LogP contribution is -2.54. The number of non-ortho nitro benzene ring substituents is 1. The number of pyridine rings is 1. The first-order valence-electron chi connectivity index (χ1n) is 16.4. The van der Waals surface area contributed by atoms with Crippen molar-refractivity contribution in [2.45, 2.75) is 18.9 Å². The van der Waals surface area contributed by atoms with E-state index in [2.05, 4.69) is 16.0 Å². The molecule has 0 aliphatic carbocycles. The van der Waals surface area contributed by atoms with Crippen LogP contribution in [0.5, 0.6) is 0 Å². The summed E-state index contributed by atoms with van der Waals surface area (Å²) in [6.07, 6.45) is 1.55. The smallest absolute Gasteiger partial charge is 0.269 e. The molecule has 1 atom stereocenters.